The number of aliphatic hydroxyl groups excluding tert-OH is 1. The van der Waals surface area contributed by atoms with Crippen LogP contribution in [0.4, 0.5) is 5.82 Å². The number of hydrogen-bond donors (Lipinski definition) is 2. The van der Waals surface area contributed by atoms with Crippen molar-refractivity contribution in [1.29, 1.82) is 0 Å². The van der Waals surface area contributed by atoms with Gasteiger partial charge < -0.3 is 10.4 Å². The zero-order valence-electron chi connectivity index (χ0n) is 12.8. The molecule has 1 aromatic rings. The molecule has 1 aliphatic carbocycles. The second-order valence-corrected chi connectivity index (χ2v) is 6.27. The summed E-state index contributed by atoms with van der Waals surface area (Å²) in [7, 11) is 1.90. The van der Waals surface area contributed by atoms with Crippen LogP contribution in [0, 0.1) is 0 Å². The van der Waals surface area contributed by atoms with E-state index in [9.17, 15) is 5.11 Å². The van der Waals surface area contributed by atoms with Crippen LogP contribution in [0.25, 0.3) is 0 Å². The molecule has 3 rings (SSSR count). The lowest BCUT2D eigenvalue weighted by atomic mass is 9.87. The van der Waals surface area contributed by atoms with E-state index in [4.69, 9.17) is 0 Å². The lowest BCUT2D eigenvalue weighted by Crippen LogP contribution is -2.48. The van der Waals surface area contributed by atoms with Crippen molar-refractivity contribution in [3.63, 3.8) is 0 Å². The van der Waals surface area contributed by atoms with Gasteiger partial charge in [0.1, 0.15) is 5.82 Å². The molecule has 0 bridgehead atoms. The molecule has 2 fully saturated rings. The first-order valence-corrected chi connectivity index (χ1v) is 8.20. The molecule has 5 heteroatoms. The van der Waals surface area contributed by atoms with Crippen LogP contribution in [0.3, 0.4) is 0 Å². The third-order valence-electron chi connectivity index (χ3n) is 5.04. The third kappa shape index (κ3) is 3.19. The largest absolute Gasteiger partial charge is 0.391 e. The highest BCUT2D eigenvalue weighted by Gasteiger charge is 2.32. The SMILES string of the molecule is CNc1nccnc1C1CCN(C2CCCCC2O)CC1. The first-order chi connectivity index (χ1) is 10.3. The molecule has 0 spiro atoms. The fourth-order valence-electron chi connectivity index (χ4n) is 3.86. The number of anilines is 1. The molecule has 0 aromatic carbocycles. The van der Waals surface area contributed by atoms with Gasteiger partial charge in [-0.05, 0) is 38.8 Å². The highest BCUT2D eigenvalue weighted by atomic mass is 16.3. The monoisotopic (exact) mass is 290 g/mol. The van der Waals surface area contributed by atoms with E-state index >= 15 is 0 Å². The van der Waals surface area contributed by atoms with Gasteiger partial charge >= 0.3 is 0 Å². The van der Waals surface area contributed by atoms with E-state index in [1.165, 1.54) is 12.8 Å². The Morgan fingerprint density at radius 1 is 1.10 bits per heavy atom. The fourth-order valence-corrected chi connectivity index (χ4v) is 3.86. The Balaban J connectivity index is 1.62. The Hall–Kier alpha value is -1.20. The Labute approximate surface area is 126 Å². The van der Waals surface area contributed by atoms with Gasteiger partial charge in [0.25, 0.3) is 0 Å². The summed E-state index contributed by atoms with van der Waals surface area (Å²) in [4.78, 5) is 11.4. The number of aliphatic hydroxyl groups is 1. The average molecular weight is 290 g/mol. The fraction of sp³-hybridized carbons (Fsp3) is 0.750. The van der Waals surface area contributed by atoms with Crippen molar-refractivity contribution >= 4 is 5.82 Å². The summed E-state index contributed by atoms with van der Waals surface area (Å²) in [5.41, 5.74) is 1.10. The molecule has 1 saturated carbocycles. The van der Waals surface area contributed by atoms with Crippen LogP contribution in [0.5, 0.6) is 0 Å². The first-order valence-electron chi connectivity index (χ1n) is 8.20. The highest BCUT2D eigenvalue weighted by Crippen LogP contribution is 2.33. The lowest BCUT2D eigenvalue weighted by Gasteiger charge is -2.41. The number of aromatic nitrogens is 2. The van der Waals surface area contributed by atoms with E-state index in [1.807, 2.05) is 7.05 Å². The number of hydrogen-bond acceptors (Lipinski definition) is 5. The molecule has 2 N–H and O–H groups in total. The number of likely N-dealkylation sites (tertiary alicyclic amines) is 1. The summed E-state index contributed by atoms with van der Waals surface area (Å²) >= 11 is 0. The average Bonchev–Trinajstić information content (AvgIpc) is 2.55. The van der Waals surface area contributed by atoms with Crippen molar-refractivity contribution in [2.75, 3.05) is 25.5 Å². The number of nitrogens with zero attached hydrogens (tertiary/aromatic N) is 3. The summed E-state index contributed by atoms with van der Waals surface area (Å²) in [6.07, 6.45) is 10.2. The zero-order valence-corrected chi connectivity index (χ0v) is 12.8. The summed E-state index contributed by atoms with van der Waals surface area (Å²) in [5.74, 6) is 1.40. The van der Waals surface area contributed by atoms with E-state index in [1.54, 1.807) is 12.4 Å². The minimum atomic E-state index is -0.125. The van der Waals surface area contributed by atoms with Crippen LogP contribution in [0.2, 0.25) is 0 Å². The molecule has 2 unspecified atom stereocenters. The van der Waals surface area contributed by atoms with Crippen molar-refractivity contribution in [2.24, 2.45) is 0 Å². The minimum absolute atomic E-state index is 0.125. The molecule has 2 heterocycles. The molecule has 116 valence electrons. The minimum Gasteiger partial charge on any atom is -0.391 e. The summed E-state index contributed by atoms with van der Waals surface area (Å²) < 4.78 is 0. The van der Waals surface area contributed by atoms with Crippen molar-refractivity contribution < 1.29 is 5.11 Å². The van der Waals surface area contributed by atoms with Gasteiger partial charge in [-0.2, -0.15) is 0 Å². The van der Waals surface area contributed by atoms with Gasteiger partial charge in [-0.25, -0.2) is 4.98 Å². The van der Waals surface area contributed by atoms with E-state index < -0.39 is 0 Å². The number of nitrogens with one attached hydrogen (secondary N) is 1. The van der Waals surface area contributed by atoms with E-state index in [0.717, 1.165) is 50.3 Å². The van der Waals surface area contributed by atoms with E-state index in [-0.39, 0.29) is 6.10 Å². The van der Waals surface area contributed by atoms with Gasteiger partial charge in [-0.3, -0.25) is 9.88 Å². The molecule has 5 nitrogen and oxygen atoms in total. The van der Waals surface area contributed by atoms with E-state index in [2.05, 4.69) is 20.2 Å². The number of rotatable bonds is 3. The van der Waals surface area contributed by atoms with Crippen LogP contribution in [-0.4, -0.2) is 52.3 Å². The molecule has 2 atom stereocenters. The van der Waals surface area contributed by atoms with Gasteiger partial charge in [0, 0.05) is 31.4 Å². The van der Waals surface area contributed by atoms with Gasteiger partial charge in [-0.15, -0.1) is 0 Å². The van der Waals surface area contributed by atoms with Gasteiger partial charge in [0.05, 0.1) is 11.8 Å². The molecule has 1 aliphatic heterocycles. The number of piperidine rings is 1. The second kappa shape index (κ2) is 6.71. The molecule has 1 saturated heterocycles. The maximum atomic E-state index is 10.2. The topological polar surface area (TPSA) is 61.3 Å². The maximum absolute atomic E-state index is 10.2. The predicted molar refractivity (Wildman–Crippen MR) is 83.4 cm³/mol. The lowest BCUT2D eigenvalue weighted by molar-refractivity contribution is 0.00855. The molecule has 2 aliphatic rings. The Kier molecular flexibility index (Phi) is 4.70. The Morgan fingerprint density at radius 3 is 2.52 bits per heavy atom. The van der Waals surface area contributed by atoms with Crippen LogP contribution in [0.1, 0.15) is 50.1 Å². The molecule has 1 aromatic heterocycles. The third-order valence-corrected chi connectivity index (χ3v) is 5.04. The molecular formula is C16H26N4O. The molecular weight excluding hydrogens is 264 g/mol. The van der Waals surface area contributed by atoms with Crippen LogP contribution < -0.4 is 5.32 Å². The second-order valence-electron chi connectivity index (χ2n) is 6.27. The predicted octanol–water partition coefficient (Wildman–Crippen LogP) is 2.00. The van der Waals surface area contributed by atoms with Crippen molar-refractivity contribution in [2.45, 2.75) is 56.6 Å². The standard InChI is InChI=1S/C16H26N4O/c1-17-16-15(18-8-9-19-16)12-6-10-20(11-7-12)13-4-2-3-5-14(13)21/h8-9,12-14,21H,2-7,10-11H2,1H3,(H,17,19). The molecule has 0 radical (unpaired) electrons. The normalized spacial score (nSPS) is 28.5. The highest BCUT2D eigenvalue weighted by molar-refractivity contribution is 5.40. The van der Waals surface area contributed by atoms with Gasteiger partial charge in [0.15, 0.2) is 0 Å². The maximum Gasteiger partial charge on any atom is 0.147 e. The van der Waals surface area contributed by atoms with Crippen LogP contribution >= 0.6 is 0 Å². The van der Waals surface area contributed by atoms with Crippen molar-refractivity contribution in [3.8, 4) is 0 Å². The first kappa shape index (κ1) is 14.7. The van der Waals surface area contributed by atoms with Gasteiger partial charge in [0.2, 0.25) is 0 Å². The Bertz CT molecular complexity index is 459. The van der Waals surface area contributed by atoms with Crippen molar-refractivity contribution in [1.82, 2.24) is 14.9 Å². The van der Waals surface area contributed by atoms with E-state index in [0.29, 0.717) is 12.0 Å². The zero-order chi connectivity index (χ0) is 14.7. The summed E-state index contributed by atoms with van der Waals surface area (Å²) in [6, 6.07) is 0.380. The van der Waals surface area contributed by atoms with Crippen LogP contribution in [-0.2, 0) is 0 Å². The van der Waals surface area contributed by atoms with Gasteiger partial charge in [-0.1, -0.05) is 12.8 Å². The van der Waals surface area contributed by atoms with Crippen molar-refractivity contribution in [3.05, 3.63) is 18.1 Å². The quantitative estimate of drug-likeness (QED) is 0.891. The summed E-state index contributed by atoms with van der Waals surface area (Å²) in [5, 5.41) is 13.4. The van der Waals surface area contributed by atoms with Crippen LogP contribution in [0.15, 0.2) is 12.4 Å². The smallest absolute Gasteiger partial charge is 0.147 e. The molecule has 21 heavy (non-hydrogen) atoms. The Morgan fingerprint density at radius 2 is 1.81 bits per heavy atom. The molecule has 0 amide bonds. The summed E-state index contributed by atoms with van der Waals surface area (Å²) in [6.45, 7) is 2.12.